The van der Waals surface area contributed by atoms with Gasteiger partial charge in [-0.2, -0.15) is 0 Å². The van der Waals surface area contributed by atoms with E-state index in [0.717, 1.165) is 5.56 Å². The number of hydrogen-bond donors (Lipinski definition) is 3. The quantitative estimate of drug-likeness (QED) is 0.597. The molecule has 0 unspecified atom stereocenters. The van der Waals surface area contributed by atoms with Gasteiger partial charge in [-0.3, -0.25) is 9.78 Å². The van der Waals surface area contributed by atoms with Gasteiger partial charge in [0.05, 0.1) is 10.9 Å². The van der Waals surface area contributed by atoms with Crippen LogP contribution in [0.25, 0.3) is 10.9 Å². The summed E-state index contributed by atoms with van der Waals surface area (Å²) < 4.78 is 0. The number of rotatable bonds is 1. The molecule has 5 nitrogen and oxygen atoms in total. The lowest BCUT2D eigenvalue weighted by Gasteiger charge is -1.96. The van der Waals surface area contributed by atoms with Crippen LogP contribution >= 0.6 is 0 Å². The SMILES string of the molecule is NCCC#Cc1ccc2[nH]c(=O)[nH]c(=O)c2c1. The van der Waals surface area contributed by atoms with E-state index in [1.165, 1.54) is 0 Å². The van der Waals surface area contributed by atoms with E-state index in [9.17, 15) is 9.59 Å². The molecule has 1 heterocycles. The monoisotopic (exact) mass is 229 g/mol. The number of aromatic amines is 2. The molecule has 0 amide bonds. The van der Waals surface area contributed by atoms with E-state index in [2.05, 4.69) is 21.8 Å². The number of nitrogens with one attached hydrogen (secondary N) is 2. The maximum absolute atomic E-state index is 11.5. The third kappa shape index (κ3) is 2.44. The van der Waals surface area contributed by atoms with Crippen LogP contribution in [0.1, 0.15) is 12.0 Å². The van der Waals surface area contributed by atoms with E-state index in [0.29, 0.717) is 23.9 Å². The smallest absolute Gasteiger partial charge is 0.326 e. The van der Waals surface area contributed by atoms with Gasteiger partial charge in [-0.25, -0.2) is 4.79 Å². The molecule has 5 heteroatoms. The van der Waals surface area contributed by atoms with Gasteiger partial charge in [-0.1, -0.05) is 11.8 Å². The molecule has 1 aromatic heterocycles. The Morgan fingerprint density at radius 3 is 2.82 bits per heavy atom. The molecule has 0 saturated heterocycles. The van der Waals surface area contributed by atoms with E-state index >= 15 is 0 Å². The first kappa shape index (κ1) is 11.2. The van der Waals surface area contributed by atoms with Gasteiger partial charge in [0, 0.05) is 18.5 Å². The zero-order valence-electron chi connectivity index (χ0n) is 9.04. The minimum absolute atomic E-state index is 0.411. The number of benzene rings is 1. The fourth-order valence-corrected chi connectivity index (χ4v) is 1.48. The second-order valence-electron chi connectivity index (χ2n) is 3.51. The highest BCUT2D eigenvalue weighted by Crippen LogP contribution is 2.07. The first-order valence-electron chi connectivity index (χ1n) is 5.16. The first-order valence-corrected chi connectivity index (χ1v) is 5.16. The molecule has 0 atom stereocenters. The zero-order valence-corrected chi connectivity index (χ0v) is 9.04. The van der Waals surface area contributed by atoms with Crippen LogP contribution in [0.2, 0.25) is 0 Å². The number of aromatic nitrogens is 2. The van der Waals surface area contributed by atoms with Crippen molar-refractivity contribution in [1.82, 2.24) is 9.97 Å². The third-order valence-corrected chi connectivity index (χ3v) is 2.24. The van der Waals surface area contributed by atoms with Gasteiger partial charge >= 0.3 is 5.69 Å². The number of fused-ring (bicyclic) bond motifs is 1. The van der Waals surface area contributed by atoms with Gasteiger partial charge < -0.3 is 10.7 Å². The van der Waals surface area contributed by atoms with Gasteiger partial charge in [-0.15, -0.1) is 0 Å². The fourth-order valence-electron chi connectivity index (χ4n) is 1.48. The highest BCUT2D eigenvalue weighted by Gasteiger charge is 2.00. The molecule has 0 saturated carbocycles. The van der Waals surface area contributed by atoms with E-state index < -0.39 is 11.2 Å². The summed E-state index contributed by atoms with van der Waals surface area (Å²) in [5, 5.41) is 0.421. The normalized spacial score (nSPS) is 9.94. The molecule has 86 valence electrons. The fraction of sp³-hybridized carbons (Fsp3) is 0.167. The van der Waals surface area contributed by atoms with Crippen LogP contribution < -0.4 is 17.0 Å². The standard InChI is InChI=1S/C12H11N3O2/c13-6-2-1-3-8-4-5-10-9(7-8)11(16)15-12(17)14-10/h4-5,7H,2,6,13H2,(H2,14,15,16,17). The van der Waals surface area contributed by atoms with Crippen molar-refractivity contribution in [3.05, 3.63) is 44.6 Å². The van der Waals surface area contributed by atoms with Gasteiger partial charge in [0.15, 0.2) is 0 Å². The zero-order chi connectivity index (χ0) is 12.3. The predicted octanol–water partition coefficient (Wildman–Crippen LogP) is -0.0833. The van der Waals surface area contributed by atoms with E-state index in [4.69, 9.17) is 5.73 Å². The van der Waals surface area contributed by atoms with Crippen molar-refractivity contribution in [2.24, 2.45) is 5.73 Å². The van der Waals surface area contributed by atoms with Crippen LogP contribution in [0.3, 0.4) is 0 Å². The van der Waals surface area contributed by atoms with E-state index in [-0.39, 0.29) is 0 Å². The Hall–Kier alpha value is -2.32. The molecule has 4 N–H and O–H groups in total. The minimum atomic E-state index is -0.510. The molecular weight excluding hydrogens is 218 g/mol. The first-order chi connectivity index (χ1) is 8.20. The average molecular weight is 229 g/mol. The van der Waals surface area contributed by atoms with Crippen molar-refractivity contribution < 1.29 is 0 Å². The molecule has 0 spiro atoms. The van der Waals surface area contributed by atoms with Crippen LogP contribution in [0.5, 0.6) is 0 Å². The lowest BCUT2D eigenvalue weighted by molar-refractivity contribution is 1.03. The molecule has 0 fully saturated rings. The Labute approximate surface area is 96.7 Å². The molecule has 0 aliphatic carbocycles. The van der Waals surface area contributed by atoms with Crippen molar-refractivity contribution in [2.45, 2.75) is 6.42 Å². The van der Waals surface area contributed by atoms with Crippen molar-refractivity contribution in [2.75, 3.05) is 6.54 Å². The maximum atomic E-state index is 11.5. The summed E-state index contributed by atoms with van der Waals surface area (Å²) in [7, 11) is 0. The maximum Gasteiger partial charge on any atom is 0.326 e. The van der Waals surface area contributed by atoms with Crippen LogP contribution in [0.15, 0.2) is 27.8 Å². The number of nitrogens with two attached hydrogens (primary N) is 1. The van der Waals surface area contributed by atoms with E-state index in [1.54, 1.807) is 18.2 Å². The molecule has 1 aromatic carbocycles. The Morgan fingerprint density at radius 2 is 2.06 bits per heavy atom. The van der Waals surface area contributed by atoms with Crippen molar-refractivity contribution in [3.8, 4) is 11.8 Å². The average Bonchev–Trinajstić information content (AvgIpc) is 2.30. The molecule has 0 aliphatic heterocycles. The highest BCUT2D eigenvalue weighted by molar-refractivity contribution is 5.78. The molecule has 2 aromatic rings. The predicted molar refractivity (Wildman–Crippen MR) is 65.7 cm³/mol. The van der Waals surface area contributed by atoms with E-state index in [1.807, 2.05) is 0 Å². The Kier molecular flexibility index (Phi) is 3.08. The summed E-state index contributed by atoms with van der Waals surface area (Å²) in [4.78, 5) is 27.3. The van der Waals surface area contributed by atoms with Gasteiger partial charge in [0.2, 0.25) is 0 Å². The molecule has 0 bridgehead atoms. The molecule has 0 aliphatic rings. The minimum Gasteiger partial charge on any atom is -0.330 e. The summed E-state index contributed by atoms with van der Waals surface area (Å²) in [6.45, 7) is 0.508. The van der Waals surface area contributed by atoms with Crippen molar-refractivity contribution >= 4 is 10.9 Å². The largest absolute Gasteiger partial charge is 0.330 e. The Morgan fingerprint density at radius 1 is 1.24 bits per heavy atom. The molecule has 17 heavy (non-hydrogen) atoms. The van der Waals surface area contributed by atoms with Crippen LogP contribution in [0.4, 0.5) is 0 Å². The number of hydrogen-bond acceptors (Lipinski definition) is 3. The Balaban J connectivity index is 2.56. The summed E-state index contributed by atoms with van der Waals surface area (Å²) in [6, 6.07) is 5.06. The van der Waals surface area contributed by atoms with Crippen LogP contribution in [-0.2, 0) is 0 Å². The topological polar surface area (TPSA) is 91.7 Å². The van der Waals surface area contributed by atoms with Gasteiger partial charge in [0.1, 0.15) is 0 Å². The second kappa shape index (κ2) is 4.68. The van der Waals surface area contributed by atoms with Crippen LogP contribution in [0, 0.1) is 11.8 Å². The lowest BCUT2D eigenvalue weighted by Crippen LogP contribution is -2.21. The molecule has 0 radical (unpaired) electrons. The summed E-state index contributed by atoms with van der Waals surface area (Å²) in [5.41, 5.74) is 5.63. The summed E-state index contributed by atoms with van der Waals surface area (Å²) in [6.07, 6.45) is 0.611. The van der Waals surface area contributed by atoms with Crippen molar-refractivity contribution in [1.29, 1.82) is 0 Å². The highest BCUT2D eigenvalue weighted by atomic mass is 16.2. The lowest BCUT2D eigenvalue weighted by atomic mass is 10.1. The summed E-state index contributed by atoms with van der Waals surface area (Å²) in [5.74, 6) is 5.79. The number of H-pyrrole nitrogens is 2. The van der Waals surface area contributed by atoms with Crippen molar-refractivity contribution in [3.63, 3.8) is 0 Å². The third-order valence-electron chi connectivity index (χ3n) is 2.24. The summed E-state index contributed by atoms with van der Waals surface area (Å²) >= 11 is 0. The molecular formula is C12H11N3O2. The molecule has 2 rings (SSSR count). The van der Waals surface area contributed by atoms with Gasteiger partial charge in [-0.05, 0) is 18.2 Å². The van der Waals surface area contributed by atoms with Gasteiger partial charge in [0.25, 0.3) is 5.56 Å². The van der Waals surface area contributed by atoms with Crippen LogP contribution in [-0.4, -0.2) is 16.5 Å². The Bertz CT molecular complexity index is 716. The second-order valence-corrected chi connectivity index (χ2v) is 3.51.